The fourth-order valence-corrected chi connectivity index (χ4v) is 2.36. The Labute approximate surface area is 134 Å². The number of carbonyl (C=O) groups excluding carboxylic acids is 1. The van der Waals surface area contributed by atoms with Crippen LogP contribution in [-0.2, 0) is 4.79 Å². The molecule has 0 unspecified atom stereocenters. The number of rotatable bonds is 1. The van der Waals surface area contributed by atoms with E-state index in [-0.39, 0.29) is 16.7 Å². The molecule has 124 valence electrons. The average Bonchev–Trinajstić information content (AvgIpc) is 2.95. The van der Waals surface area contributed by atoms with Gasteiger partial charge in [-0.1, -0.05) is 11.6 Å². The number of aryl methyl sites for hydroxylation is 1. The monoisotopic (exact) mass is 349 g/mol. The SMILES string of the molecule is Cc1cc(N2C(=O)C=C(F)N3CCN=C32)c(F)cc1Cl.FCF. The number of benzene rings is 1. The summed E-state index contributed by atoms with van der Waals surface area (Å²) < 4.78 is 47.0. The van der Waals surface area contributed by atoms with E-state index >= 15 is 0 Å². The number of anilines is 1. The normalized spacial score (nSPS) is 16.5. The van der Waals surface area contributed by atoms with Gasteiger partial charge in [-0.25, -0.2) is 18.1 Å². The van der Waals surface area contributed by atoms with Crippen LogP contribution in [0.25, 0.3) is 0 Å². The van der Waals surface area contributed by atoms with Crippen LogP contribution in [0.2, 0.25) is 5.02 Å². The third-order valence-corrected chi connectivity index (χ3v) is 3.62. The number of carbonyl (C=O) groups is 1. The van der Waals surface area contributed by atoms with Crippen molar-refractivity contribution in [3.63, 3.8) is 0 Å². The molecule has 2 heterocycles. The van der Waals surface area contributed by atoms with Crippen LogP contribution in [0, 0.1) is 12.7 Å². The lowest BCUT2D eigenvalue weighted by molar-refractivity contribution is -0.113. The third kappa shape index (κ3) is 3.31. The molecule has 0 bridgehead atoms. The molecular formula is C14H12ClF4N3O. The van der Waals surface area contributed by atoms with E-state index in [1.165, 1.54) is 11.0 Å². The molecule has 0 saturated heterocycles. The zero-order chi connectivity index (χ0) is 17.1. The fraction of sp³-hybridized carbons (Fsp3) is 0.286. The summed E-state index contributed by atoms with van der Waals surface area (Å²) >= 11 is 5.84. The number of halogens is 5. The summed E-state index contributed by atoms with van der Waals surface area (Å²) in [5.74, 6) is -1.89. The Bertz CT molecular complexity index is 693. The van der Waals surface area contributed by atoms with Crippen LogP contribution in [0.15, 0.2) is 29.2 Å². The summed E-state index contributed by atoms with van der Waals surface area (Å²) in [6.07, 6.45) is 0.827. The van der Waals surface area contributed by atoms with Gasteiger partial charge in [-0.05, 0) is 24.6 Å². The first-order chi connectivity index (χ1) is 10.9. The topological polar surface area (TPSA) is 35.9 Å². The molecule has 0 fully saturated rings. The molecule has 0 radical (unpaired) electrons. The molecule has 4 nitrogen and oxygen atoms in total. The number of aliphatic imine (C=N–C) groups is 1. The highest BCUT2D eigenvalue weighted by Gasteiger charge is 2.36. The molecular weight excluding hydrogens is 338 g/mol. The van der Waals surface area contributed by atoms with E-state index in [9.17, 15) is 22.4 Å². The van der Waals surface area contributed by atoms with Gasteiger partial charge in [0.15, 0.2) is 0 Å². The number of alkyl halides is 2. The summed E-state index contributed by atoms with van der Waals surface area (Å²) in [4.78, 5) is 18.4. The van der Waals surface area contributed by atoms with Crippen LogP contribution < -0.4 is 4.90 Å². The van der Waals surface area contributed by atoms with Crippen LogP contribution in [0.4, 0.5) is 23.2 Å². The van der Waals surface area contributed by atoms with Crippen molar-refractivity contribution in [2.75, 3.05) is 24.9 Å². The van der Waals surface area contributed by atoms with E-state index in [0.717, 1.165) is 17.0 Å². The van der Waals surface area contributed by atoms with E-state index in [0.29, 0.717) is 18.7 Å². The first-order valence-corrected chi connectivity index (χ1v) is 6.89. The summed E-state index contributed by atoms with van der Waals surface area (Å²) in [6.45, 7) is 0.633. The molecule has 2 aliphatic rings. The van der Waals surface area contributed by atoms with Crippen LogP contribution in [0.1, 0.15) is 5.56 Å². The number of guanidine groups is 1. The smallest absolute Gasteiger partial charge is 0.262 e. The van der Waals surface area contributed by atoms with Gasteiger partial charge in [-0.3, -0.25) is 14.7 Å². The summed E-state index contributed by atoms with van der Waals surface area (Å²) in [6, 6.07) is 2.58. The molecule has 1 amide bonds. The summed E-state index contributed by atoms with van der Waals surface area (Å²) in [7, 11) is 0. The van der Waals surface area contributed by atoms with Crippen molar-refractivity contribution in [2.45, 2.75) is 6.92 Å². The molecule has 9 heteroatoms. The van der Waals surface area contributed by atoms with Gasteiger partial charge in [0, 0.05) is 11.6 Å². The quantitative estimate of drug-likeness (QED) is 0.574. The van der Waals surface area contributed by atoms with E-state index in [2.05, 4.69) is 4.99 Å². The van der Waals surface area contributed by atoms with Gasteiger partial charge < -0.3 is 0 Å². The molecule has 0 saturated carbocycles. The van der Waals surface area contributed by atoms with Gasteiger partial charge in [0.05, 0.1) is 18.3 Å². The minimum atomic E-state index is -1.75. The Morgan fingerprint density at radius 1 is 1.30 bits per heavy atom. The van der Waals surface area contributed by atoms with Crippen molar-refractivity contribution in [3.8, 4) is 0 Å². The molecule has 0 spiro atoms. The zero-order valence-corrected chi connectivity index (χ0v) is 12.7. The van der Waals surface area contributed by atoms with Crippen LogP contribution in [0.3, 0.4) is 0 Å². The Kier molecular flexibility index (Phi) is 5.25. The first-order valence-electron chi connectivity index (χ1n) is 6.51. The van der Waals surface area contributed by atoms with E-state index < -0.39 is 24.6 Å². The van der Waals surface area contributed by atoms with E-state index in [1.54, 1.807) is 6.92 Å². The maximum Gasteiger partial charge on any atom is 0.262 e. The third-order valence-electron chi connectivity index (χ3n) is 3.21. The lowest BCUT2D eigenvalue weighted by Crippen LogP contribution is -2.48. The highest BCUT2D eigenvalue weighted by Crippen LogP contribution is 2.31. The molecule has 2 aliphatic heterocycles. The van der Waals surface area contributed by atoms with Gasteiger partial charge >= 0.3 is 0 Å². The maximum atomic E-state index is 14.1. The average molecular weight is 350 g/mol. The molecule has 1 aromatic carbocycles. The van der Waals surface area contributed by atoms with Gasteiger partial charge in [0.25, 0.3) is 5.91 Å². The summed E-state index contributed by atoms with van der Waals surface area (Å²) in [5.41, 5.74) is 0.641. The minimum Gasteiger partial charge on any atom is -0.286 e. The summed E-state index contributed by atoms with van der Waals surface area (Å²) in [5, 5.41) is 0.266. The largest absolute Gasteiger partial charge is 0.286 e. The van der Waals surface area contributed by atoms with Crippen molar-refractivity contribution in [1.29, 1.82) is 0 Å². The predicted octanol–water partition coefficient (Wildman–Crippen LogP) is 3.50. The highest BCUT2D eigenvalue weighted by molar-refractivity contribution is 6.31. The molecule has 1 aromatic rings. The number of fused-ring (bicyclic) bond motifs is 1. The Hall–Kier alpha value is -2.09. The van der Waals surface area contributed by atoms with Crippen LogP contribution in [0.5, 0.6) is 0 Å². The van der Waals surface area contributed by atoms with Crippen LogP contribution in [-0.4, -0.2) is 36.8 Å². The van der Waals surface area contributed by atoms with E-state index in [1.807, 2.05) is 0 Å². The first kappa shape index (κ1) is 17.3. The van der Waals surface area contributed by atoms with Gasteiger partial charge in [-0.15, -0.1) is 0 Å². The maximum absolute atomic E-state index is 14.1. The molecule has 0 aromatic heterocycles. The molecule has 3 rings (SSSR count). The zero-order valence-electron chi connectivity index (χ0n) is 12.0. The number of nitrogens with zero attached hydrogens (tertiary/aromatic N) is 3. The van der Waals surface area contributed by atoms with Crippen LogP contribution >= 0.6 is 11.6 Å². The predicted molar refractivity (Wildman–Crippen MR) is 78.9 cm³/mol. The second-order valence-electron chi connectivity index (χ2n) is 4.63. The Morgan fingerprint density at radius 3 is 2.61 bits per heavy atom. The highest BCUT2D eigenvalue weighted by atomic mass is 35.5. The molecule has 0 N–H and O–H groups in total. The Balaban J connectivity index is 0.000000595. The van der Waals surface area contributed by atoms with Crippen molar-refractivity contribution >= 4 is 29.2 Å². The molecule has 0 atom stereocenters. The second kappa shape index (κ2) is 6.99. The standard InChI is InChI=1S/C13H10ClF2N3O.CH2F2/c1-7-4-10(9(15)5-8(7)14)19-12(20)6-11(16)18-3-2-17-13(18)19;2-1-3/h4-6H,2-3H2,1H3;1H2. The molecule has 0 aliphatic carbocycles. The van der Waals surface area contributed by atoms with Crippen molar-refractivity contribution in [1.82, 2.24) is 4.90 Å². The molecule has 23 heavy (non-hydrogen) atoms. The van der Waals surface area contributed by atoms with Gasteiger partial charge in [0.2, 0.25) is 18.8 Å². The number of amides is 1. The minimum absolute atomic E-state index is 0.0197. The number of hydrogen-bond acceptors (Lipinski definition) is 3. The fourth-order valence-electron chi connectivity index (χ4n) is 2.21. The lowest BCUT2D eigenvalue weighted by Gasteiger charge is -2.31. The lowest BCUT2D eigenvalue weighted by atomic mass is 10.2. The van der Waals surface area contributed by atoms with Gasteiger partial charge in [-0.2, -0.15) is 4.39 Å². The van der Waals surface area contributed by atoms with Crippen molar-refractivity contribution in [2.24, 2.45) is 4.99 Å². The van der Waals surface area contributed by atoms with Crippen molar-refractivity contribution in [3.05, 3.63) is 40.6 Å². The van der Waals surface area contributed by atoms with Gasteiger partial charge in [0.1, 0.15) is 5.82 Å². The Morgan fingerprint density at radius 2 is 1.96 bits per heavy atom. The number of hydrogen-bond donors (Lipinski definition) is 0. The van der Waals surface area contributed by atoms with Crippen molar-refractivity contribution < 1.29 is 22.4 Å². The van der Waals surface area contributed by atoms with E-state index in [4.69, 9.17) is 11.6 Å². The second-order valence-corrected chi connectivity index (χ2v) is 5.04.